The number of pyridine rings is 1. The van der Waals surface area contributed by atoms with Crippen molar-refractivity contribution in [3.8, 4) is 22.6 Å². The van der Waals surface area contributed by atoms with E-state index in [9.17, 15) is 0 Å². The van der Waals surface area contributed by atoms with E-state index in [1.54, 1.807) is 0 Å². The third kappa shape index (κ3) is 3.17. The van der Waals surface area contributed by atoms with Gasteiger partial charge in [0.1, 0.15) is 18.1 Å². The first-order valence-corrected chi connectivity index (χ1v) is 8.98. The molecule has 0 amide bonds. The lowest BCUT2D eigenvalue weighted by Gasteiger charge is -2.14. The lowest BCUT2D eigenvalue weighted by molar-refractivity contribution is 0.275. The van der Waals surface area contributed by atoms with E-state index in [1.807, 2.05) is 26.1 Å². The molecule has 5 nitrogen and oxygen atoms in total. The average molecular weight is 349 g/mol. The summed E-state index contributed by atoms with van der Waals surface area (Å²) in [7, 11) is 0. The van der Waals surface area contributed by atoms with Crippen LogP contribution in [0.5, 0.6) is 11.5 Å². The Morgan fingerprint density at radius 2 is 1.92 bits per heavy atom. The number of hydrogen-bond donors (Lipinski definition) is 1. The molecule has 3 aromatic rings. The van der Waals surface area contributed by atoms with Crippen molar-refractivity contribution in [2.45, 2.75) is 40.2 Å². The highest BCUT2D eigenvalue weighted by Gasteiger charge is 2.16. The van der Waals surface area contributed by atoms with E-state index in [-0.39, 0.29) is 0 Å². The lowest BCUT2D eigenvalue weighted by Crippen LogP contribution is -2.04. The van der Waals surface area contributed by atoms with Gasteiger partial charge in [0, 0.05) is 28.6 Å². The van der Waals surface area contributed by atoms with Gasteiger partial charge in [-0.1, -0.05) is 11.6 Å². The third-order valence-corrected chi connectivity index (χ3v) is 4.77. The Morgan fingerprint density at radius 3 is 2.81 bits per heavy atom. The number of hydrogen-bond acceptors (Lipinski definition) is 4. The molecule has 2 aromatic heterocycles. The zero-order valence-corrected chi connectivity index (χ0v) is 15.4. The van der Waals surface area contributed by atoms with Gasteiger partial charge in [-0.25, -0.2) is 0 Å². The van der Waals surface area contributed by atoms with Crippen LogP contribution in [0, 0.1) is 20.8 Å². The highest BCUT2D eigenvalue weighted by molar-refractivity contribution is 5.69. The molecular formula is C21H23N3O2. The molecule has 2 bridgehead atoms. The van der Waals surface area contributed by atoms with Gasteiger partial charge in [0.15, 0.2) is 0 Å². The van der Waals surface area contributed by atoms with Crippen molar-refractivity contribution in [3.05, 3.63) is 58.7 Å². The van der Waals surface area contributed by atoms with Gasteiger partial charge in [0.2, 0.25) is 0 Å². The fraction of sp³-hybridized carbons (Fsp3) is 0.333. The standard InChI is InChI=1S/C21H23N3O2/c1-13-6-7-19-17(9-13)12-26-20-10-16(11-22-14(20)2)21-15(3)23-24-18(21)5-4-8-25-19/h6-7,9-11H,4-5,8,12H2,1-3H3,(H,23,24). The molecule has 0 atom stereocenters. The van der Waals surface area contributed by atoms with Crippen LogP contribution in [-0.2, 0) is 13.0 Å². The molecule has 26 heavy (non-hydrogen) atoms. The van der Waals surface area contributed by atoms with E-state index in [4.69, 9.17) is 9.47 Å². The maximum absolute atomic E-state index is 6.13. The Hall–Kier alpha value is -2.82. The highest BCUT2D eigenvalue weighted by atomic mass is 16.5. The summed E-state index contributed by atoms with van der Waals surface area (Å²) in [5.74, 6) is 1.68. The lowest BCUT2D eigenvalue weighted by atomic mass is 10.0. The number of aromatic amines is 1. The van der Waals surface area contributed by atoms with Crippen molar-refractivity contribution in [2.75, 3.05) is 6.61 Å². The first-order chi connectivity index (χ1) is 12.6. The molecule has 0 spiro atoms. The summed E-state index contributed by atoms with van der Waals surface area (Å²) in [6.45, 7) is 7.19. The largest absolute Gasteiger partial charge is 0.493 e. The minimum Gasteiger partial charge on any atom is -0.493 e. The zero-order valence-electron chi connectivity index (χ0n) is 15.4. The summed E-state index contributed by atoms with van der Waals surface area (Å²) in [4.78, 5) is 4.55. The number of H-pyrrole nitrogens is 1. The van der Waals surface area contributed by atoms with E-state index in [0.29, 0.717) is 13.2 Å². The average Bonchev–Trinajstić information content (AvgIpc) is 2.99. The number of ether oxygens (including phenoxy) is 2. The van der Waals surface area contributed by atoms with Gasteiger partial charge in [-0.2, -0.15) is 5.10 Å². The maximum atomic E-state index is 6.13. The Balaban J connectivity index is 1.78. The number of nitrogens with zero attached hydrogens (tertiary/aromatic N) is 2. The maximum Gasteiger partial charge on any atom is 0.141 e. The summed E-state index contributed by atoms with van der Waals surface area (Å²) in [5.41, 5.74) is 7.38. The summed E-state index contributed by atoms with van der Waals surface area (Å²) in [6, 6.07) is 8.29. The van der Waals surface area contributed by atoms with E-state index in [0.717, 1.165) is 58.1 Å². The zero-order chi connectivity index (χ0) is 18.1. The van der Waals surface area contributed by atoms with Crippen LogP contribution in [-0.4, -0.2) is 21.8 Å². The molecule has 0 aliphatic carbocycles. The first-order valence-electron chi connectivity index (χ1n) is 8.98. The monoisotopic (exact) mass is 349 g/mol. The molecule has 0 saturated heterocycles. The van der Waals surface area contributed by atoms with Crippen molar-refractivity contribution in [1.29, 1.82) is 0 Å². The van der Waals surface area contributed by atoms with Crippen LogP contribution in [0.2, 0.25) is 0 Å². The van der Waals surface area contributed by atoms with Gasteiger partial charge in [0.05, 0.1) is 18.0 Å². The van der Waals surface area contributed by atoms with Gasteiger partial charge in [-0.15, -0.1) is 0 Å². The molecule has 1 aliphatic rings. The number of benzene rings is 1. The van der Waals surface area contributed by atoms with Crippen molar-refractivity contribution >= 4 is 0 Å². The van der Waals surface area contributed by atoms with Gasteiger partial charge >= 0.3 is 0 Å². The Bertz CT molecular complexity index is 946. The van der Waals surface area contributed by atoms with E-state index < -0.39 is 0 Å². The van der Waals surface area contributed by atoms with Gasteiger partial charge in [-0.05, 0) is 51.8 Å². The predicted molar refractivity (Wildman–Crippen MR) is 101 cm³/mol. The predicted octanol–water partition coefficient (Wildman–Crippen LogP) is 4.30. The van der Waals surface area contributed by atoms with E-state index >= 15 is 0 Å². The summed E-state index contributed by atoms with van der Waals surface area (Å²) in [5, 5.41) is 7.60. The fourth-order valence-corrected chi connectivity index (χ4v) is 3.38. The molecule has 1 N–H and O–H groups in total. The second-order valence-corrected chi connectivity index (χ2v) is 6.83. The molecule has 1 aliphatic heterocycles. The Labute approximate surface area is 153 Å². The minimum absolute atomic E-state index is 0.459. The van der Waals surface area contributed by atoms with E-state index in [1.165, 1.54) is 5.56 Å². The van der Waals surface area contributed by atoms with Crippen LogP contribution >= 0.6 is 0 Å². The second-order valence-electron chi connectivity index (χ2n) is 6.83. The van der Waals surface area contributed by atoms with Crippen molar-refractivity contribution < 1.29 is 9.47 Å². The molecular weight excluding hydrogens is 326 g/mol. The normalized spacial score (nSPS) is 14.0. The quantitative estimate of drug-likeness (QED) is 0.657. The van der Waals surface area contributed by atoms with Gasteiger partial charge in [-0.3, -0.25) is 10.1 Å². The fourth-order valence-electron chi connectivity index (χ4n) is 3.38. The number of nitrogens with one attached hydrogen (secondary N) is 1. The number of rotatable bonds is 0. The van der Waals surface area contributed by atoms with Gasteiger partial charge < -0.3 is 9.47 Å². The SMILES string of the molecule is Cc1ccc2c(c1)COc1cc(cnc1C)-c1c(n[nH]c1C)CCCO2. The molecule has 0 fully saturated rings. The molecule has 3 heterocycles. The van der Waals surface area contributed by atoms with Crippen molar-refractivity contribution in [2.24, 2.45) is 0 Å². The van der Waals surface area contributed by atoms with Gasteiger partial charge in [0.25, 0.3) is 0 Å². The van der Waals surface area contributed by atoms with E-state index in [2.05, 4.69) is 40.3 Å². The topological polar surface area (TPSA) is 60.0 Å². The summed E-state index contributed by atoms with van der Waals surface area (Å²) in [6.07, 6.45) is 3.65. The first kappa shape index (κ1) is 16.6. The summed E-state index contributed by atoms with van der Waals surface area (Å²) < 4.78 is 12.2. The van der Waals surface area contributed by atoms with Crippen molar-refractivity contribution in [3.63, 3.8) is 0 Å². The second kappa shape index (κ2) is 6.83. The van der Waals surface area contributed by atoms with Crippen LogP contribution < -0.4 is 9.47 Å². The molecule has 5 heteroatoms. The molecule has 4 rings (SSSR count). The number of fused-ring (bicyclic) bond motifs is 5. The van der Waals surface area contributed by atoms with Crippen LogP contribution in [0.25, 0.3) is 11.1 Å². The summed E-state index contributed by atoms with van der Waals surface area (Å²) >= 11 is 0. The minimum atomic E-state index is 0.459. The van der Waals surface area contributed by atoms with Crippen molar-refractivity contribution in [1.82, 2.24) is 15.2 Å². The van der Waals surface area contributed by atoms with Crippen LogP contribution in [0.4, 0.5) is 0 Å². The Kier molecular flexibility index (Phi) is 4.37. The molecule has 0 saturated carbocycles. The Morgan fingerprint density at radius 1 is 1.04 bits per heavy atom. The molecule has 0 unspecified atom stereocenters. The number of aromatic nitrogens is 3. The highest BCUT2D eigenvalue weighted by Crippen LogP contribution is 2.31. The molecule has 0 radical (unpaired) electrons. The molecule has 1 aromatic carbocycles. The van der Waals surface area contributed by atoms with Crippen LogP contribution in [0.3, 0.4) is 0 Å². The number of aryl methyl sites for hydroxylation is 4. The van der Waals surface area contributed by atoms with Crippen LogP contribution in [0.15, 0.2) is 30.5 Å². The third-order valence-electron chi connectivity index (χ3n) is 4.77. The van der Waals surface area contributed by atoms with Crippen LogP contribution in [0.1, 0.15) is 34.6 Å². The molecule has 134 valence electrons. The smallest absolute Gasteiger partial charge is 0.141 e.